The number of carbonyl (C=O) groups is 2. The van der Waals surface area contributed by atoms with Crippen LogP contribution >= 0.6 is 15.9 Å². The van der Waals surface area contributed by atoms with Gasteiger partial charge in [-0.15, -0.1) is 0 Å². The fraction of sp³-hybridized carbons (Fsp3) is 0.257. The third-order valence-electron chi connectivity index (χ3n) is 7.14. The van der Waals surface area contributed by atoms with Gasteiger partial charge in [0.05, 0.1) is 10.6 Å². The first-order chi connectivity index (χ1) is 20.9. The van der Waals surface area contributed by atoms with E-state index in [2.05, 4.69) is 21.2 Å². The molecule has 0 heterocycles. The van der Waals surface area contributed by atoms with Crippen LogP contribution in [0.3, 0.4) is 0 Å². The molecule has 0 aliphatic rings. The lowest BCUT2D eigenvalue weighted by Crippen LogP contribution is -2.54. The van der Waals surface area contributed by atoms with Gasteiger partial charge in [0.15, 0.2) is 0 Å². The summed E-state index contributed by atoms with van der Waals surface area (Å²) in [5.41, 5.74) is 3.99. The number of halogens is 1. The lowest BCUT2D eigenvalue weighted by Gasteiger charge is -2.34. The lowest BCUT2D eigenvalue weighted by atomic mass is 10.0. The Balaban J connectivity index is 1.80. The molecule has 230 valence electrons. The van der Waals surface area contributed by atoms with E-state index >= 15 is 0 Å². The second-order valence-electron chi connectivity index (χ2n) is 11.2. The maximum atomic E-state index is 14.5. The maximum Gasteiger partial charge on any atom is 0.264 e. The highest BCUT2D eigenvalue weighted by Crippen LogP contribution is 2.27. The van der Waals surface area contributed by atoms with Crippen molar-refractivity contribution in [2.45, 2.75) is 57.6 Å². The van der Waals surface area contributed by atoms with Gasteiger partial charge in [0, 0.05) is 23.5 Å². The third-order valence-corrected chi connectivity index (χ3v) is 9.46. The molecule has 1 atom stereocenters. The number of amides is 2. The molecule has 0 radical (unpaired) electrons. The van der Waals surface area contributed by atoms with Crippen LogP contribution in [-0.2, 0) is 32.6 Å². The van der Waals surface area contributed by atoms with E-state index in [-0.39, 0.29) is 29.8 Å². The van der Waals surface area contributed by atoms with Gasteiger partial charge in [-0.2, -0.15) is 0 Å². The van der Waals surface area contributed by atoms with Crippen molar-refractivity contribution in [3.63, 3.8) is 0 Å². The van der Waals surface area contributed by atoms with Gasteiger partial charge in [-0.05, 0) is 75.2 Å². The molecule has 0 fully saturated rings. The van der Waals surface area contributed by atoms with Crippen LogP contribution in [0.15, 0.2) is 112 Å². The Morgan fingerprint density at radius 1 is 0.795 bits per heavy atom. The van der Waals surface area contributed by atoms with Crippen molar-refractivity contribution in [2.24, 2.45) is 0 Å². The van der Waals surface area contributed by atoms with Crippen molar-refractivity contribution in [1.82, 2.24) is 10.2 Å². The van der Waals surface area contributed by atoms with Crippen LogP contribution in [0.5, 0.6) is 0 Å². The van der Waals surface area contributed by atoms with Gasteiger partial charge in [0.1, 0.15) is 12.6 Å². The number of nitrogens with zero attached hydrogens (tertiary/aromatic N) is 2. The smallest absolute Gasteiger partial charge is 0.264 e. The normalized spacial score (nSPS) is 12.0. The number of nitrogens with one attached hydrogen (secondary N) is 1. The molecule has 0 bridgehead atoms. The van der Waals surface area contributed by atoms with E-state index in [0.29, 0.717) is 5.69 Å². The summed E-state index contributed by atoms with van der Waals surface area (Å²) in [5, 5.41) is 2.98. The average molecular weight is 677 g/mol. The minimum atomic E-state index is -4.15. The van der Waals surface area contributed by atoms with Crippen molar-refractivity contribution in [3.05, 3.63) is 130 Å². The molecule has 1 N–H and O–H groups in total. The number of aryl methyl sites for hydroxylation is 2. The number of hydrogen-bond acceptors (Lipinski definition) is 4. The van der Waals surface area contributed by atoms with Crippen LogP contribution in [-0.4, -0.2) is 43.8 Å². The van der Waals surface area contributed by atoms with Gasteiger partial charge >= 0.3 is 0 Å². The highest BCUT2D eigenvalue weighted by molar-refractivity contribution is 9.10. The van der Waals surface area contributed by atoms with Gasteiger partial charge in [0.2, 0.25) is 11.8 Å². The first kappa shape index (κ1) is 33.0. The standard InChI is InChI=1S/C35H38BrN3O4S/c1-25(2)37-35(41)33(22-28-10-6-5-7-11-28)38(23-29-12-8-9-27(4)21-29)34(40)24-39(31-17-15-30(36)16-18-31)44(42,43)32-19-13-26(3)14-20-32/h5-21,25,33H,22-24H2,1-4H3,(H,37,41)/t33-/m1/s1. The number of anilines is 1. The van der Waals surface area contributed by atoms with Crippen LogP contribution in [0.4, 0.5) is 5.69 Å². The van der Waals surface area contributed by atoms with Crippen molar-refractivity contribution in [3.8, 4) is 0 Å². The molecule has 9 heteroatoms. The van der Waals surface area contributed by atoms with E-state index in [1.54, 1.807) is 48.5 Å². The van der Waals surface area contributed by atoms with Gasteiger partial charge in [-0.1, -0.05) is 93.8 Å². The number of rotatable bonds is 12. The Kier molecular flexibility index (Phi) is 11.0. The highest BCUT2D eigenvalue weighted by Gasteiger charge is 2.34. The number of carbonyl (C=O) groups excluding carboxylic acids is 2. The molecule has 4 aromatic carbocycles. The zero-order valence-corrected chi connectivity index (χ0v) is 27.8. The van der Waals surface area contributed by atoms with E-state index in [0.717, 1.165) is 31.0 Å². The second-order valence-corrected chi connectivity index (χ2v) is 14.0. The molecule has 2 amide bonds. The molecule has 44 heavy (non-hydrogen) atoms. The molecule has 0 aromatic heterocycles. The van der Waals surface area contributed by atoms with Crippen LogP contribution in [0.25, 0.3) is 0 Å². The van der Waals surface area contributed by atoms with E-state index in [4.69, 9.17) is 0 Å². The Bertz CT molecular complexity index is 1680. The number of sulfonamides is 1. The predicted octanol–water partition coefficient (Wildman–Crippen LogP) is 6.43. The maximum absolute atomic E-state index is 14.5. The summed E-state index contributed by atoms with van der Waals surface area (Å²) in [7, 11) is -4.15. The molecular weight excluding hydrogens is 638 g/mol. The Morgan fingerprint density at radius 3 is 2.05 bits per heavy atom. The fourth-order valence-electron chi connectivity index (χ4n) is 4.92. The van der Waals surface area contributed by atoms with Crippen LogP contribution in [0.2, 0.25) is 0 Å². The molecule has 0 aliphatic carbocycles. The quantitative estimate of drug-likeness (QED) is 0.188. The Hall–Kier alpha value is -3.95. The van der Waals surface area contributed by atoms with Gasteiger partial charge in [0.25, 0.3) is 10.0 Å². The molecular formula is C35H38BrN3O4S. The Morgan fingerprint density at radius 2 is 1.43 bits per heavy atom. The second kappa shape index (κ2) is 14.7. The van der Waals surface area contributed by atoms with E-state index < -0.39 is 28.5 Å². The summed E-state index contributed by atoms with van der Waals surface area (Å²) in [6.07, 6.45) is 0.264. The van der Waals surface area contributed by atoms with Crippen LogP contribution < -0.4 is 9.62 Å². The first-order valence-electron chi connectivity index (χ1n) is 14.5. The van der Waals surface area contributed by atoms with Crippen molar-refractivity contribution in [2.75, 3.05) is 10.8 Å². The molecule has 0 saturated heterocycles. The van der Waals surface area contributed by atoms with Crippen molar-refractivity contribution in [1.29, 1.82) is 0 Å². The molecule has 7 nitrogen and oxygen atoms in total. The lowest BCUT2D eigenvalue weighted by molar-refractivity contribution is -0.140. The van der Waals surface area contributed by atoms with Crippen molar-refractivity contribution >= 4 is 43.5 Å². The molecule has 4 rings (SSSR count). The minimum Gasteiger partial charge on any atom is -0.352 e. The molecule has 4 aromatic rings. The first-order valence-corrected chi connectivity index (χ1v) is 16.7. The predicted molar refractivity (Wildman–Crippen MR) is 179 cm³/mol. The zero-order chi connectivity index (χ0) is 31.9. The largest absolute Gasteiger partial charge is 0.352 e. The zero-order valence-electron chi connectivity index (χ0n) is 25.4. The molecule has 0 spiro atoms. The monoisotopic (exact) mass is 675 g/mol. The molecule has 0 saturated carbocycles. The minimum absolute atomic E-state index is 0.0717. The van der Waals surface area contributed by atoms with Gasteiger partial charge in [-0.25, -0.2) is 8.42 Å². The molecule has 0 aliphatic heterocycles. The van der Waals surface area contributed by atoms with Crippen LogP contribution in [0, 0.1) is 13.8 Å². The SMILES string of the molecule is Cc1ccc(S(=O)(=O)N(CC(=O)N(Cc2cccc(C)c2)[C@H](Cc2ccccc2)C(=O)NC(C)C)c2ccc(Br)cc2)cc1. The van der Waals surface area contributed by atoms with E-state index in [1.165, 1.54) is 4.90 Å². The number of hydrogen-bond donors (Lipinski definition) is 1. The third kappa shape index (κ3) is 8.57. The molecule has 0 unspecified atom stereocenters. The summed E-state index contributed by atoms with van der Waals surface area (Å²) in [4.78, 5) is 29.8. The number of benzene rings is 4. The fourth-order valence-corrected chi connectivity index (χ4v) is 6.59. The summed E-state index contributed by atoms with van der Waals surface area (Å²) >= 11 is 3.41. The van der Waals surface area contributed by atoms with Gasteiger partial charge < -0.3 is 10.2 Å². The average Bonchev–Trinajstić information content (AvgIpc) is 2.98. The summed E-state index contributed by atoms with van der Waals surface area (Å²) in [6, 6.07) is 29.5. The van der Waals surface area contributed by atoms with E-state index in [9.17, 15) is 18.0 Å². The van der Waals surface area contributed by atoms with Crippen molar-refractivity contribution < 1.29 is 18.0 Å². The topological polar surface area (TPSA) is 86.8 Å². The Labute approximate surface area is 269 Å². The van der Waals surface area contributed by atoms with Crippen LogP contribution in [0.1, 0.15) is 36.1 Å². The summed E-state index contributed by atoms with van der Waals surface area (Å²) in [6.45, 7) is 7.21. The summed E-state index contributed by atoms with van der Waals surface area (Å²) < 4.78 is 30.1. The highest BCUT2D eigenvalue weighted by atomic mass is 79.9. The van der Waals surface area contributed by atoms with Gasteiger partial charge in [-0.3, -0.25) is 13.9 Å². The van der Waals surface area contributed by atoms with E-state index in [1.807, 2.05) is 82.3 Å². The summed E-state index contributed by atoms with van der Waals surface area (Å²) in [5.74, 6) is -0.800.